The van der Waals surface area contributed by atoms with Crippen molar-refractivity contribution in [1.29, 1.82) is 0 Å². The summed E-state index contributed by atoms with van der Waals surface area (Å²) < 4.78 is 30.7. The second-order valence-electron chi connectivity index (χ2n) is 7.92. The van der Waals surface area contributed by atoms with Crippen molar-refractivity contribution in [1.82, 2.24) is 4.90 Å². The summed E-state index contributed by atoms with van der Waals surface area (Å²) >= 11 is -0.235. The molecule has 2 amide bonds. The van der Waals surface area contributed by atoms with E-state index in [2.05, 4.69) is 0 Å². The van der Waals surface area contributed by atoms with Gasteiger partial charge in [0.2, 0.25) is 0 Å². The fourth-order valence-electron chi connectivity index (χ4n) is 4.27. The summed E-state index contributed by atoms with van der Waals surface area (Å²) in [5.41, 5.74) is 0.962. The Hall–Kier alpha value is -1.99. The summed E-state index contributed by atoms with van der Waals surface area (Å²) in [4.78, 5) is 27.2. The van der Waals surface area contributed by atoms with E-state index in [1.54, 1.807) is 19.2 Å². The van der Waals surface area contributed by atoms with Gasteiger partial charge in [-0.2, -0.15) is 0 Å². The number of aryl methyl sites for hydroxylation is 1. The van der Waals surface area contributed by atoms with Gasteiger partial charge in [0, 0.05) is 0 Å². The molecule has 4 rings (SSSR count). The number of hydrogen-bond acceptors (Lipinski definition) is 5. The monoisotopic (exact) mass is 493 g/mol. The van der Waals surface area contributed by atoms with E-state index < -0.39 is 20.3 Å². The molecule has 2 fully saturated rings. The van der Waals surface area contributed by atoms with Crippen LogP contribution in [0.25, 0.3) is 0 Å². The van der Waals surface area contributed by atoms with Gasteiger partial charge in [0.1, 0.15) is 0 Å². The quantitative estimate of drug-likeness (QED) is 0.350. The topological polar surface area (TPSA) is 80.8 Å². The van der Waals surface area contributed by atoms with E-state index in [4.69, 9.17) is 4.18 Å². The SMILES string of the molecule is Cc1ccc(S(=O)(=O)OC[C@@H]2C[C@H]3C(=O)N(C)C(=O)[C@@]3([Se]c3ccccc3)C2)cc1. The Morgan fingerprint density at radius 2 is 1.77 bits per heavy atom. The molecule has 0 aromatic heterocycles. The first-order chi connectivity index (χ1) is 14.2. The van der Waals surface area contributed by atoms with Crippen molar-refractivity contribution < 1.29 is 22.2 Å². The van der Waals surface area contributed by atoms with Gasteiger partial charge >= 0.3 is 183 Å². The van der Waals surface area contributed by atoms with Crippen LogP contribution in [-0.4, -0.2) is 53.7 Å². The predicted molar refractivity (Wildman–Crippen MR) is 113 cm³/mol. The molecule has 2 aromatic rings. The molecule has 0 radical (unpaired) electrons. The first-order valence-electron chi connectivity index (χ1n) is 9.75. The zero-order valence-corrected chi connectivity index (χ0v) is 19.3. The van der Waals surface area contributed by atoms with Crippen LogP contribution in [0.3, 0.4) is 0 Å². The Morgan fingerprint density at radius 1 is 1.10 bits per heavy atom. The molecule has 1 heterocycles. The number of benzene rings is 2. The van der Waals surface area contributed by atoms with Gasteiger partial charge in [0.05, 0.1) is 0 Å². The van der Waals surface area contributed by atoms with Crippen molar-refractivity contribution in [2.75, 3.05) is 13.7 Å². The number of rotatable bonds is 6. The number of imide groups is 1. The van der Waals surface area contributed by atoms with Gasteiger partial charge in [-0.25, -0.2) is 0 Å². The summed E-state index contributed by atoms with van der Waals surface area (Å²) in [6, 6.07) is 16.2. The molecule has 6 nitrogen and oxygen atoms in total. The minimum absolute atomic E-state index is 0.0242. The maximum absolute atomic E-state index is 13.1. The summed E-state index contributed by atoms with van der Waals surface area (Å²) in [5, 5.41) is 0. The Labute approximate surface area is 182 Å². The van der Waals surface area contributed by atoms with Crippen LogP contribution in [-0.2, 0) is 23.9 Å². The number of nitrogens with zero attached hydrogens (tertiary/aromatic N) is 1. The number of carbonyl (C=O) groups excluding carboxylic acids is 2. The molecule has 8 heteroatoms. The van der Waals surface area contributed by atoms with Crippen LogP contribution in [0.1, 0.15) is 18.4 Å². The van der Waals surface area contributed by atoms with E-state index in [1.807, 2.05) is 37.3 Å². The normalized spacial score (nSPS) is 26.3. The summed E-state index contributed by atoms with van der Waals surface area (Å²) in [7, 11) is -2.34. The molecule has 0 bridgehead atoms. The van der Waals surface area contributed by atoms with Gasteiger partial charge in [-0.1, -0.05) is 0 Å². The standard InChI is InChI=1S/C22H23NO5SSe/c1-15-8-10-17(11-9-15)29(26,27)28-14-16-12-19-20(24)23(2)21(25)22(19,13-16)30-18-6-4-3-5-7-18/h3-11,16,19H,12-14H2,1-2H3/t16-,19+,22-/m1/s1. The van der Waals surface area contributed by atoms with Gasteiger partial charge in [-0.05, 0) is 0 Å². The number of carbonyl (C=O) groups is 2. The van der Waals surface area contributed by atoms with Gasteiger partial charge in [0.25, 0.3) is 0 Å². The maximum atomic E-state index is 13.1. The molecule has 158 valence electrons. The molecular formula is C22H23NO5SSe. The Bertz CT molecular complexity index is 1070. The first-order valence-corrected chi connectivity index (χ1v) is 12.9. The fraction of sp³-hybridized carbons (Fsp3) is 0.364. The number of likely N-dealkylation sites (tertiary alicyclic amines) is 1. The summed E-state index contributed by atoms with van der Waals surface area (Å²) in [6.45, 7) is 1.86. The molecule has 1 saturated carbocycles. The molecule has 1 saturated heterocycles. The van der Waals surface area contributed by atoms with Gasteiger partial charge in [0.15, 0.2) is 0 Å². The molecule has 30 heavy (non-hydrogen) atoms. The summed E-state index contributed by atoms with van der Waals surface area (Å²) in [5.74, 6) is -0.889. The van der Waals surface area contributed by atoms with Crippen LogP contribution in [0.15, 0.2) is 59.5 Å². The Balaban J connectivity index is 1.53. The molecule has 2 aliphatic rings. The van der Waals surface area contributed by atoms with Crippen molar-refractivity contribution in [3.63, 3.8) is 0 Å². The van der Waals surface area contributed by atoms with Crippen molar-refractivity contribution in [2.45, 2.75) is 29.0 Å². The minimum atomic E-state index is -3.88. The van der Waals surface area contributed by atoms with E-state index in [1.165, 1.54) is 17.0 Å². The van der Waals surface area contributed by atoms with Crippen molar-refractivity contribution in [2.24, 2.45) is 11.8 Å². The van der Waals surface area contributed by atoms with Crippen LogP contribution in [0, 0.1) is 18.8 Å². The molecule has 0 unspecified atom stereocenters. The average Bonchev–Trinajstić information content (AvgIpc) is 3.17. The zero-order valence-electron chi connectivity index (χ0n) is 16.8. The molecule has 0 N–H and O–H groups in total. The fourth-order valence-corrected chi connectivity index (χ4v) is 8.60. The summed E-state index contributed by atoms with van der Waals surface area (Å²) in [6.07, 6.45) is 0.928. The Kier molecular flexibility index (Phi) is 5.62. The van der Waals surface area contributed by atoms with Crippen LogP contribution in [0.5, 0.6) is 0 Å². The average molecular weight is 492 g/mol. The molecule has 1 aliphatic heterocycles. The van der Waals surface area contributed by atoms with Crippen LogP contribution >= 0.6 is 0 Å². The third kappa shape index (κ3) is 3.73. The van der Waals surface area contributed by atoms with Gasteiger partial charge < -0.3 is 0 Å². The van der Waals surface area contributed by atoms with Gasteiger partial charge in [-0.3, -0.25) is 0 Å². The number of hydrogen-bond donors (Lipinski definition) is 0. The van der Waals surface area contributed by atoms with E-state index >= 15 is 0 Å². The molecule has 2 aromatic carbocycles. The van der Waals surface area contributed by atoms with E-state index in [0.29, 0.717) is 12.8 Å². The van der Waals surface area contributed by atoms with Crippen LogP contribution in [0.4, 0.5) is 0 Å². The van der Waals surface area contributed by atoms with Crippen molar-refractivity contribution >= 4 is 41.4 Å². The predicted octanol–water partition coefficient (Wildman–Crippen LogP) is 1.91. The van der Waals surface area contributed by atoms with E-state index in [-0.39, 0.29) is 44.2 Å². The second kappa shape index (κ2) is 7.93. The van der Waals surface area contributed by atoms with Crippen molar-refractivity contribution in [3.05, 3.63) is 60.2 Å². The second-order valence-corrected chi connectivity index (χ2v) is 12.5. The third-order valence-electron chi connectivity index (χ3n) is 5.83. The zero-order chi connectivity index (χ0) is 21.5. The number of amides is 2. The first kappa shape index (κ1) is 21.2. The van der Waals surface area contributed by atoms with E-state index in [9.17, 15) is 18.0 Å². The molecule has 1 aliphatic carbocycles. The molecular weight excluding hydrogens is 469 g/mol. The van der Waals surface area contributed by atoms with Gasteiger partial charge in [-0.15, -0.1) is 0 Å². The van der Waals surface area contributed by atoms with Crippen LogP contribution < -0.4 is 4.46 Å². The molecule has 0 spiro atoms. The molecule has 3 atom stereocenters. The van der Waals surface area contributed by atoms with E-state index in [0.717, 1.165) is 10.0 Å². The Morgan fingerprint density at radius 3 is 2.43 bits per heavy atom. The number of fused-ring (bicyclic) bond motifs is 1. The van der Waals surface area contributed by atoms with Crippen LogP contribution in [0.2, 0.25) is 4.31 Å². The van der Waals surface area contributed by atoms with Crippen molar-refractivity contribution in [3.8, 4) is 0 Å². The third-order valence-corrected chi connectivity index (χ3v) is 10.3.